The van der Waals surface area contributed by atoms with Crippen molar-refractivity contribution in [1.29, 1.82) is 0 Å². The first-order valence-corrected chi connectivity index (χ1v) is 4.09. The molecular formula is C7H7N3S. The van der Waals surface area contributed by atoms with E-state index >= 15 is 0 Å². The summed E-state index contributed by atoms with van der Waals surface area (Å²) < 4.78 is 0. The van der Waals surface area contributed by atoms with Crippen molar-refractivity contribution < 1.29 is 0 Å². The van der Waals surface area contributed by atoms with Crippen molar-refractivity contribution in [3.8, 4) is 10.4 Å². The van der Waals surface area contributed by atoms with Crippen LogP contribution in [0.5, 0.6) is 0 Å². The van der Waals surface area contributed by atoms with Gasteiger partial charge in [-0.15, -0.1) is 11.3 Å². The van der Waals surface area contributed by atoms with Crippen LogP contribution in [-0.4, -0.2) is 10.2 Å². The molecule has 4 heteroatoms. The third-order valence-corrected chi connectivity index (χ3v) is 2.36. The molecule has 0 saturated carbocycles. The number of hydrogen-bond acceptors (Lipinski definition) is 3. The van der Waals surface area contributed by atoms with E-state index in [-0.39, 0.29) is 0 Å². The maximum absolute atomic E-state index is 5.60. The normalized spacial score (nSPS) is 10.2. The Morgan fingerprint density at radius 2 is 2.45 bits per heavy atom. The van der Waals surface area contributed by atoms with Crippen molar-refractivity contribution in [2.75, 3.05) is 5.73 Å². The number of nitrogens with one attached hydrogen (secondary N) is 1. The van der Waals surface area contributed by atoms with Crippen LogP contribution in [0.4, 0.5) is 5.82 Å². The van der Waals surface area contributed by atoms with Gasteiger partial charge in [0, 0.05) is 11.1 Å². The largest absolute Gasteiger partial charge is 0.382 e. The number of thiophene rings is 1. The second kappa shape index (κ2) is 2.39. The zero-order valence-electron chi connectivity index (χ0n) is 5.74. The van der Waals surface area contributed by atoms with Gasteiger partial charge in [-0.3, -0.25) is 5.10 Å². The summed E-state index contributed by atoms with van der Waals surface area (Å²) in [5.41, 5.74) is 6.58. The predicted molar refractivity (Wildman–Crippen MR) is 46.3 cm³/mol. The smallest absolute Gasteiger partial charge is 0.153 e. The summed E-state index contributed by atoms with van der Waals surface area (Å²) >= 11 is 1.65. The topological polar surface area (TPSA) is 54.7 Å². The molecule has 0 aliphatic rings. The average molecular weight is 165 g/mol. The van der Waals surface area contributed by atoms with E-state index in [0.29, 0.717) is 5.82 Å². The predicted octanol–water partition coefficient (Wildman–Crippen LogP) is 1.72. The standard InChI is InChI=1S/C7H7N3S/c8-7-5(4-9-10-7)6-2-1-3-11-6/h1-4H,(H3,8,9,10). The van der Waals surface area contributed by atoms with E-state index in [2.05, 4.69) is 10.2 Å². The summed E-state index contributed by atoms with van der Waals surface area (Å²) in [6.45, 7) is 0. The van der Waals surface area contributed by atoms with Crippen LogP contribution in [0.1, 0.15) is 0 Å². The maximum Gasteiger partial charge on any atom is 0.153 e. The number of nitrogens with two attached hydrogens (primary N) is 1. The van der Waals surface area contributed by atoms with Crippen LogP contribution < -0.4 is 5.73 Å². The van der Waals surface area contributed by atoms with Gasteiger partial charge >= 0.3 is 0 Å². The van der Waals surface area contributed by atoms with Gasteiger partial charge in [0.05, 0.1) is 5.56 Å². The lowest BCUT2D eigenvalue weighted by Crippen LogP contribution is -1.85. The first kappa shape index (κ1) is 6.42. The first-order valence-electron chi connectivity index (χ1n) is 3.21. The molecular weight excluding hydrogens is 158 g/mol. The molecule has 56 valence electrons. The van der Waals surface area contributed by atoms with Gasteiger partial charge < -0.3 is 5.73 Å². The molecule has 0 radical (unpaired) electrons. The van der Waals surface area contributed by atoms with E-state index in [1.807, 2.05) is 17.5 Å². The van der Waals surface area contributed by atoms with Crippen molar-refractivity contribution in [3.63, 3.8) is 0 Å². The fourth-order valence-electron chi connectivity index (χ4n) is 0.930. The number of anilines is 1. The summed E-state index contributed by atoms with van der Waals surface area (Å²) in [4.78, 5) is 1.15. The van der Waals surface area contributed by atoms with E-state index in [1.165, 1.54) is 0 Å². The highest BCUT2D eigenvalue weighted by atomic mass is 32.1. The summed E-state index contributed by atoms with van der Waals surface area (Å²) in [5, 5.41) is 8.57. The highest BCUT2D eigenvalue weighted by Gasteiger charge is 2.03. The van der Waals surface area contributed by atoms with E-state index in [9.17, 15) is 0 Å². The molecule has 0 aliphatic heterocycles. The van der Waals surface area contributed by atoms with E-state index in [0.717, 1.165) is 10.4 Å². The Morgan fingerprint density at radius 3 is 3.00 bits per heavy atom. The molecule has 0 aliphatic carbocycles. The monoisotopic (exact) mass is 165 g/mol. The number of rotatable bonds is 1. The molecule has 0 fully saturated rings. The van der Waals surface area contributed by atoms with Crippen molar-refractivity contribution in [2.24, 2.45) is 0 Å². The first-order chi connectivity index (χ1) is 5.38. The Bertz CT molecular complexity index is 336. The van der Waals surface area contributed by atoms with Crippen LogP contribution in [-0.2, 0) is 0 Å². The highest BCUT2D eigenvalue weighted by molar-refractivity contribution is 7.13. The summed E-state index contributed by atoms with van der Waals surface area (Å²) in [6, 6.07) is 4.01. The lowest BCUT2D eigenvalue weighted by Gasteiger charge is -1.89. The van der Waals surface area contributed by atoms with Gasteiger partial charge in [0.1, 0.15) is 0 Å². The fraction of sp³-hybridized carbons (Fsp3) is 0. The lowest BCUT2D eigenvalue weighted by atomic mass is 10.3. The second-order valence-electron chi connectivity index (χ2n) is 2.16. The van der Waals surface area contributed by atoms with E-state index < -0.39 is 0 Å². The van der Waals surface area contributed by atoms with E-state index in [4.69, 9.17) is 5.73 Å². The molecule has 2 rings (SSSR count). The summed E-state index contributed by atoms with van der Waals surface area (Å²) in [5.74, 6) is 0.562. The van der Waals surface area contributed by atoms with Gasteiger partial charge in [-0.05, 0) is 11.4 Å². The van der Waals surface area contributed by atoms with Gasteiger partial charge in [-0.25, -0.2) is 0 Å². The minimum absolute atomic E-state index is 0.562. The van der Waals surface area contributed by atoms with Gasteiger partial charge in [-0.1, -0.05) is 6.07 Å². The second-order valence-corrected chi connectivity index (χ2v) is 3.11. The fourth-order valence-corrected chi connectivity index (χ4v) is 1.68. The van der Waals surface area contributed by atoms with Crippen molar-refractivity contribution in [3.05, 3.63) is 23.7 Å². The molecule has 0 bridgehead atoms. The third kappa shape index (κ3) is 1.01. The van der Waals surface area contributed by atoms with Gasteiger partial charge in [-0.2, -0.15) is 5.10 Å². The highest BCUT2D eigenvalue weighted by Crippen LogP contribution is 2.27. The molecule has 2 heterocycles. The Balaban J connectivity index is 2.53. The summed E-state index contributed by atoms with van der Waals surface area (Å²) in [6.07, 6.45) is 1.81. The molecule has 0 aromatic carbocycles. The van der Waals surface area contributed by atoms with Crippen LogP contribution in [0, 0.1) is 0 Å². The Morgan fingerprint density at radius 1 is 1.55 bits per heavy atom. The van der Waals surface area contributed by atoms with Gasteiger partial charge in [0.25, 0.3) is 0 Å². The minimum Gasteiger partial charge on any atom is -0.382 e. The zero-order valence-corrected chi connectivity index (χ0v) is 6.56. The molecule has 3 N–H and O–H groups in total. The molecule has 2 aromatic heterocycles. The molecule has 0 saturated heterocycles. The van der Waals surface area contributed by atoms with Crippen molar-refractivity contribution in [1.82, 2.24) is 10.2 Å². The lowest BCUT2D eigenvalue weighted by molar-refractivity contribution is 1.10. The molecule has 0 unspecified atom stereocenters. The van der Waals surface area contributed by atoms with Gasteiger partial charge in [0.2, 0.25) is 0 Å². The SMILES string of the molecule is Nc1n[nH]cc1-c1cccs1. The minimum atomic E-state index is 0.562. The molecule has 0 amide bonds. The Labute approximate surface area is 67.9 Å². The molecule has 3 nitrogen and oxygen atoms in total. The Hall–Kier alpha value is -1.29. The van der Waals surface area contributed by atoms with Crippen LogP contribution in [0.2, 0.25) is 0 Å². The molecule has 2 aromatic rings. The van der Waals surface area contributed by atoms with Crippen LogP contribution >= 0.6 is 11.3 Å². The van der Waals surface area contributed by atoms with Gasteiger partial charge in [0.15, 0.2) is 5.82 Å². The average Bonchev–Trinajstić information content (AvgIpc) is 2.55. The third-order valence-electron chi connectivity index (χ3n) is 1.46. The zero-order chi connectivity index (χ0) is 7.68. The molecule has 0 spiro atoms. The van der Waals surface area contributed by atoms with Crippen LogP contribution in [0.15, 0.2) is 23.7 Å². The molecule has 0 atom stereocenters. The number of nitrogens with zero attached hydrogens (tertiary/aromatic N) is 1. The Kier molecular flexibility index (Phi) is 1.40. The number of aromatic nitrogens is 2. The molecule has 11 heavy (non-hydrogen) atoms. The number of nitrogen functional groups attached to an aromatic ring is 1. The summed E-state index contributed by atoms with van der Waals surface area (Å²) in [7, 11) is 0. The van der Waals surface area contributed by atoms with Crippen molar-refractivity contribution >= 4 is 17.2 Å². The van der Waals surface area contributed by atoms with Crippen LogP contribution in [0.3, 0.4) is 0 Å². The quantitative estimate of drug-likeness (QED) is 0.676. The number of H-pyrrole nitrogens is 1. The van der Waals surface area contributed by atoms with Crippen LogP contribution in [0.25, 0.3) is 10.4 Å². The maximum atomic E-state index is 5.60. The number of aromatic amines is 1. The number of hydrogen-bond donors (Lipinski definition) is 2. The van der Waals surface area contributed by atoms with Crippen molar-refractivity contribution in [2.45, 2.75) is 0 Å². The van der Waals surface area contributed by atoms with E-state index in [1.54, 1.807) is 17.5 Å².